The van der Waals surface area contributed by atoms with Crippen LogP contribution in [0.15, 0.2) is 24.4 Å². The number of carbonyl (C=O) groups is 1. The lowest BCUT2D eigenvalue weighted by molar-refractivity contribution is -0.123. The number of rotatable bonds is 3. The van der Waals surface area contributed by atoms with Gasteiger partial charge in [-0.2, -0.15) is 0 Å². The minimum absolute atomic E-state index is 0.113. The van der Waals surface area contributed by atoms with Crippen LogP contribution < -0.4 is 11.1 Å². The summed E-state index contributed by atoms with van der Waals surface area (Å²) in [5.74, 6) is -0.113. The van der Waals surface area contributed by atoms with Crippen molar-refractivity contribution in [3.8, 4) is 0 Å². The lowest BCUT2D eigenvalue weighted by Crippen LogP contribution is -2.44. The SMILES string of the molecule is C[C@H](N)C(=O)NC1(c2ccccn2)CC1. The number of nitrogens with one attached hydrogen (secondary N) is 1. The highest BCUT2D eigenvalue weighted by Crippen LogP contribution is 2.44. The summed E-state index contributed by atoms with van der Waals surface area (Å²) in [4.78, 5) is 15.8. The maximum Gasteiger partial charge on any atom is 0.237 e. The quantitative estimate of drug-likeness (QED) is 0.756. The Hall–Kier alpha value is -1.42. The second-order valence-corrected chi connectivity index (χ2v) is 4.08. The number of hydrogen-bond donors (Lipinski definition) is 2. The molecule has 1 aliphatic carbocycles. The van der Waals surface area contributed by atoms with Crippen LogP contribution in [0.25, 0.3) is 0 Å². The Bertz CT molecular complexity index is 357. The summed E-state index contributed by atoms with van der Waals surface area (Å²) >= 11 is 0. The van der Waals surface area contributed by atoms with Crippen LogP contribution in [-0.4, -0.2) is 16.9 Å². The van der Waals surface area contributed by atoms with Gasteiger partial charge in [-0.1, -0.05) is 6.07 Å². The van der Waals surface area contributed by atoms with Crippen molar-refractivity contribution in [2.24, 2.45) is 5.73 Å². The van der Waals surface area contributed by atoms with Crippen LogP contribution in [0.2, 0.25) is 0 Å². The molecule has 1 aliphatic rings. The maximum atomic E-state index is 11.5. The number of hydrogen-bond acceptors (Lipinski definition) is 3. The van der Waals surface area contributed by atoms with Gasteiger partial charge in [-0.05, 0) is 31.9 Å². The molecular weight excluding hydrogens is 190 g/mol. The van der Waals surface area contributed by atoms with Crippen molar-refractivity contribution in [3.05, 3.63) is 30.1 Å². The van der Waals surface area contributed by atoms with Crippen molar-refractivity contribution in [1.82, 2.24) is 10.3 Å². The fraction of sp³-hybridized carbons (Fsp3) is 0.455. The zero-order valence-corrected chi connectivity index (χ0v) is 8.73. The lowest BCUT2D eigenvalue weighted by atomic mass is 10.1. The summed E-state index contributed by atoms with van der Waals surface area (Å²) in [5.41, 5.74) is 6.20. The summed E-state index contributed by atoms with van der Waals surface area (Å²) in [6.07, 6.45) is 3.64. The van der Waals surface area contributed by atoms with Gasteiger partial charge in [0.15, 0.2) is 0 Å². The Morgan fingerprint density at radius 2 is 2.33 bits per heavy atom. The molecule has 1 heterocycles. The third kappa shape index (κ3) is 1.99. The fourth-order valence-electron chi connectivity index (χ4n) is 1.57. The predicted molar refractivity (Wildman–Crippen MR) is 56.9 cm³/mol. The first-order chi connectivity index (χ1) is 7.14. The van der Waals surface area contributed by atoms with Gasteiger partial charge in [-0.25, -0.2) is 0 Å². The van der Waals surface area contributed by atoms with Gasteiger partial charge >= 0.3 is 0 Å². The van der Waals surface area contributed by atoms with Gasteiger partial charge < -0.3 is 11.1 Å². The van der Waals surface area contributed by atoms with E-state index in [1.165, 1.54) is 0 Å². The molecule has 1 aromatic rings. The molecule has 3 N–H and O–H groups in total. The van der Waals surface area contributed by atoms with E-state index in [1.54, 1.807) is 13.1 Å². The average molecular weight is 205 g/mol. The number of nitrogens with two attached hydrogens (primary N) is 1. The van der Waals surface area contributed by atoms with Crippen molar-refractivity contribution in [2.45, 2.75) is 31.3 Å². The van der Waals surface area contributed by atoms with Gasteiger partial charge in [0.25, 0.3) is 0 Å². The fourth-order valence-corrected chi connectivity index (χ4v) is 1.57. The highest BCUT2D eigenvalue weighted by Gasteiger charge is 2.47. The first-order valence-corrected chi connectivity index (χ1v) is 5.13. The Labute approximate surface area is 88.9 Å². The zero-order chi connectivity index (χ0) is 10.9. The molecule has 0 radical (unpaired) electrons. The molecule has 0 spiro atoms. The van der Waals surface area contributed by atoms with E-state index in [4.69, 9.17) is 5.73 Å². The number of carbonyl (C=O) groups excluding carboxylic acids is 1. The zero-order valence-electron chi connectivity index (χ0n) is 8.73. The van der Waals surface area contributed by atoms with Crippen LogP contribution in [0, 0.1) is 0 Å². The molecule has 2 rings (SSSR count). The third-order valence-corrected chi connectivity index (χ3v) is 2.68. The molecule has 4 nitrogen and oxygen atoms in total. The van der Waals surface area contributed by atoms with Crippen LogP contribution in [0.5, 0.6) is 0 Å². The molecule has 1 saturated carbocycles. The minimum Gasteiger partial charge on any atom is -0.344 e. The molecule has 0 bridgehead atoms. The highest BCUT2D eigenvalue weighted by molar-refractivity contribution is 5.82. The monoisotopic (exact) mass is 205 g/mol. The van der Waals surface area contributed by atoms with Crippen LogP contribution in [-0.2, 0) is 10.3 Å². The van der Waals surface area contributed by atoms with Gasteiger partial charge in [0.2, 0.25) is 5.91 Å². The first-order valence-electron chi connectivity index (χ1n) is 5.13. The topological polar surface area (TPSA) is 68.0 Å². The van der Waals surface area contributed by atoms with E-state index >= 15 is 0 Å². The van der Waals surface area contributed by atoms with Gasteiger partial charge in [0, 0.05) is 6.20 Å². The summed E-state index contributed by atoms with van der Waals surface area (Å²) in [6, 6.07) is 5.27. The second kappa shape index (κ2) is 3.62. The smallest absolute Gasteiger partial charge is 0.237 e. The first kappa shape index (κ1) is 10.1. The van der Waals surface area contributed by atoms with Crippen molar-refractivity contribution < 1.29 is 4.79 Å². The molecule has 1 atom stereocenters. The highest BCUT2D eigenvalue weighted by atomic mass is 16.2. The van der Waals surface area contributed by atoms with Gasteiger partial charge in [-0.15, -0.1) is 0 Å². The van der Waals surface area contributed by atoms with E-state index in [2.05, 4.69) is 10.3 Å². The average Bonchev–Trinajstić information content (AvgIpc) is 3.00. The van der Waals surface area contributed by atoms with E-state index < -0.39 is 6.04 Å². The van der Waals surface area contributed by atoms with Crippen LogP contribution >= 0.6 is 0 Å². The third-order valence-electron chi connectivity index (χ3n) is 2.68. The molecule has 0 saturated heterocycles. The standard InChI is InChI=1S/C11H15N3O/c1-8(12)10(15)14-11(5-6-11)9-4-2-3-7-13-9/h2-4,7-8H,5-6,12H2,1H3,(H,14,15)/t8-/m0/s1. The molecule has 1 amide bonds. The van der Waals surface area contributed by atoms with Crippen LogP contribution in [0.4, 0.5) is 0 Å². The Kier molecular flexibility index (Phi) is 2.44. The molecule has 4 heteroatoms. The Morgan fingerprint density at radius 3 is 2.80 bits per heavy atom. The van der Waals surface area contributed by atoms with Crippen molar-refractivity contribution in [2.75, 3.05) is 0 Å². The molecule has 80 valence electrons. The van der Waals surface area contributed by atoms with Gasteiger partial charge in [0.1, 0.15) is 0 Å². The molecular formula is C11H15N3O. The molecule has 0 aliphatic heterocycles. The summed E-state index contributed by atoms with van der Waals surface area (Å²) in [6.45, 7) is 1.68. The van der Waals surface area contributed by atoms with Crippen molar-refractivity contribution >= 4 is 5.91 Å². The predicted octanol–water partition coefficient (Wildman–Crippen LogP) is 0.534. The number of nitrogens with zero attached hydrogens (tertiary/aromatic N) is 1. The summed E-state index contributed by atoms with van der Waals surface area (Å²) in [7, 11) is 0. The summed E-state index contributed by atoms with van der Waals surface area (Å²) < 4.78 is 0. The maximum absolute atomic E-state index is 11.5. The largest absolute Gasteiger partial charge is 0.344 e. The van der Waals surface area contributed by atoms with E-state index in [0.29, 0.717) is 0 Å². The van der Waals surface area contributed by atoms with E-state index in [9.17, 15) is 4.79 Å². The number of pyridine rings is 1. The van der Waals surface area contributed by atoms with E-state index in [1.807, 2.05) is 18.2 Å². The van der Waals surface area contributed by atoms with Crippen LogP contribution in [0.1, 0.15) is 25.5 Å². The van der Waals surface area contributed by atoms with Gasteiger partial charge in [-0.3, -0.25) is 9.78 Å². The Balaban J connectivity index is 2.12. The normalized spacial score (nSPS) is 19.3. The molecule has 0 aromatic carbocycles. The summed E-state index contributed by atoms with van der Waals surface area (Å²) in [5, 5.41) is 2.96. The van der Waals surface area contributed by atoms with E-state index in [0.717, 1.165) is 18.5 Å². The van der Waals surface area contributed by atoms with Gasteiger partial charge in [0.05, 0.1) is 17.3 Å². The number of amides is 1. The van der Waals surface area contributed by atoms with Crippen molar-refractivity contribution in [3.63, 3.8) is 0 Å². The molecule has 1 fully saturated rings. The lowest BCUT2D eigenvalue weighted by Gasteiger charge is -2.18. The molecule has 0 unspecified atom stereocenters. The molecule has 1 aromatic heterocycles. The minimum atomic E-state index is -0.466. The number of aromatic nitrogens is 1. The van der Waals surface area contributed by atoms with Crippen molar-refractivity contribution in [1.29, 1.82) is 0 Å². The van der Waals surface area contributed by atoms with Crippen LogP contribution in [0.3, 0.4) is 0 Å². The molecule has 15 heavy (non-hydrogen) atoms. The second-order valence-electron chi connectivity index (χ2n) is 4.08. The Morgan fingerprint density at radius 1 is 1.60 bits per heavy atom. The van der Waals surface area contributed by atoms with E-state index in [-0.39, 0.29) is 11.4 Å².